The number of fused-ring (bicyclic) bond motifs is 8. The molecule has 11 rings (SSSR count). The second-order valence-electron chi connectivity index (χ2n) is 13.9. The van der Waals surface area contributed by atoms with Gasteiger partial charge in [-0.05, 0) is 95.4 Å². The fourth-order valence-corrected chi connectivity index (χ4v) is 9.30. The zero-order valence-electron chi connectivity index (χ0n) is 28.4. The molecule has 1 nitrogen and oxygen atoms in total. The predicted octanol–water partition coefficient (Wildman–Crippen LogP) is 13.6. The van der Waals surface area contributed by atoms with Crippen LogP contribution in [0.15, 0.2) is 199 Å². The van der Waals surface area contributed by atoms with Crippen LogP contribution in [0.25, 0.3) is 76.9 Å². The first kappa shape index (κ1) is 29.1. The minimum atomic E-state index is -0.482. The van der Waals surface area contributed by atoms with Gasteiger partial charge in [0.2, 0.25) is 0 Å². The first-order valence-electron chi connectivity index (χ1n) is 18.0. The Balaban J connectivity index is 1.26. The van der Waals surface area contributed by atoms with E-state index in [0.29, 0.717) is 0 Å². The second-order valence-corrected chi connectivity index (χ2v) is 13.9. The Morgan fingerprint density at radius 3 is 1.48 bits per heavy atom. The van der Waals surface area contributed by atoms with Crippen molar-refractivity contribution in [2.75, 3.05) is 0 Å². The smallest absolute Gasteiger partial charge is 0.136 e. The summed E-state index contributed by atoms with van der Waals surface area (Å²) in [5, 5.41) is 7.25. The molecule has 1 heteroatoms. The lowest BCUT2D eigenvalue weighted by Crippen LogP contribution is -2.28. The zero-order valence-corrected chi connectivity index (χ0v) is 28.4. The molecule has 242 valence electrons. The molecule has 52 heavy (non-hydrogen) atoms. The van der Waals surface area contributed by atoms with Gasteiger partial charge in [0.05, 0.1) is 5.41 Å². The molecule has 0 fully saturated rings. The average molecular weight is 661 g/mol. The molecule has 0 atom stereocenters. The molecule has 10 aromatic rings. The molecule has 1 aromatic heterocycles. The van der Waals surface area contributed by atoms with Crippen molar-refractivity contribution >= 4 is 43.5 Å². The van der Waals surface area contributed by atoms with Crippen molar-refractivity contribution < 1.29 is 4.42 Å². The van der Waals surface area contributed by atoms with Crippen LogP contribution in [0.3, 0.4) is 0 Å². The summed E-state index contributed by atoms with van der Waals surface area (Å²) in [6.45, 7) is 0. The maximum atomic E-state index is 6.92. The standard InChI is InChI=1S/C51H32O/c1-4-17-33(18-5-1)48-37-24-10-12-26-39(37)49(40-27-13-11-25-38(40)48)41-28-16-30-46-50(41)43-31-42-36-23-14-15-29-44(36)51(34-19-6-2-7-20-34,35-21-8-3-9-22-35)45(42)32-47(43)52-46/h1-32H. The summed E-state index contributed by atoms with van der Waals surface area (Å²) in [4.78, 5) is 0. The average Bonchev–Trinajstić information content (AvgIpc) is 3.73. The van der Waals surface area contributed by atoms with E-state index in [4.69, 9.17) is 4.42 Å². The fraction of sp³-hybridized carbons (Fsp3) is 0.0196. The van der Waals surface area contributed by atoms with Crippen LogP contribution in [-0.4, -0.2) is 0 Å². The van der Waals surface area contributed by atoms with Gasteiger partial charge in [-0.2, -0.15) is 0 Å². The van der Waals surface area contributed by atoms with E-state index in [2.05, 4.69) is 194 Å². The van der Waals surface area contributed by atoms with E-state index in [9.17, 15) is 0 Å². The van der Waals surface area contributed by atoms with Crippen LogP contribution in [0.2, 0.25) is 0 Å². The van der Waals surface area contributed by atoms with Gasteiger partial charge in [-0.25, -0.2) is 0 Å². The van der Waals surface area contributed by atoms with Crippen molar-refractivity contribution in [2.24, 2.45) is 0 Å². The van der Waals surface area contributed by atoms with E-state index < -0.39 is 5.41 Å². The van der Waals surface area contributed by atoms with Gasteiger partial charge in [0, 0.05) is 10.8 Å². The van der Waals surface area contributed by atoms with E-state index in [1.807, 2.05) is 0 Å². The van der Waals surface area contributed by atoms with E-state index in [1.54, 1.807) is 0 Å². The molecule has 0 bridgehead atoms. The lowest BCUT2D eigenvalue weighted by atomic mass is 9.67. The predicted molar refractivity (Wildman–Crippen MR) is 217 cm³/mol. The van der Waals surface area contributed by atoms with Gasteiger partial charge >= 0.3 is 0 Å². The quantitative estimate of drug-likeness (QED) is 0.171. The molecule has 1 aliphatic carbocycles. The molecule has 0 radical (unpaired) electrons. The van der Waals surface area contributed by atoms with Crippen LogP contribution in [0.1, 0.15) is 22.3 Å². The molecule has 1 heterocycles. The molecular weight excluding hydrogens is 629 g/mol. The molecule has 0 saturated carbocycles. The summed E-state index contributed by atoms with van der Waals surface area (Å²) >= 11 is 0. The Morgan fingerprint density at radius 1 is 0.327 bits per heavy atom. The summed E-state index contributed by atoms with van der Waals surface area (Å²) in [5.74, 6) is 0. The number of hydrogen-bond acceptors (Lipinski definition) is 1. The van der Waals surface area contributed by atoms with Crippen LogP contribution in [0.4, 0.5) is 0 Å². The number of benzene rings is 9. The van der Waals surface area contributed by atoms with E-state index in [0.717, 1.165) is 21.9 Å². The number of rotatable bonds is 4. The fourth-order valence-electron chi connectivity index (χ4n) is 9.30. The topological polar surface area (TPSA) is 13.1 Å². The third-order valence-corrected chi connectivity index (χ3v) is 11.3. The Bertz CT molecular complexity index is 2890. The maximum absolute atomic E-state index is 6.92. The van der Waals surface area contributed by atoms with Crippen LogP contribution >= 0.6 is 0 Å². The van der Waals surface area contributed by atoms with E-state index >= 15 is 0 Å². The minimum absolute atomic E-state index is 0.482. The Morgan fingerprint density at radius 2 is 0.846 bits per heavy atom. The summed E-state index contributed by atoms with van der Waals surface area (Å²) in [6.07, 6.45) is 0. The third-order valence-electron chi connectivity index (χ3n) is 11.3. The highest BCUT2D eigenvalue weighted by Crippen LogP contribution is 2.58. The number of hydrogen-bond donors (Lipinski definition) is 0. The maximum Gasteiger partial charge on any atom is 0.136 e. The van der Waals surface area contributed by atoms with Gasteiger partial charge < -0.3 is 4.42 Å². The molecular formula is C51H32O. The first-order chi connectivity index (χ1) is 25.8. The molecule has 0 unspecified atom stereocenters. The highest BCUT2D eigenvalue weighted by Gasteiger charge is 2.46. The van der Waals surface area contributed by atoms with Crippen LogP contribution in [-0.2, 0) is 5.41 Å². The van der Waals surface area contributed by atoms with Crippen LogP contribution in [0, 0.1) is 0 Å². The van der Waals surface area contributed by atoms with E-state index in [1.165, 1.54) is 77.2 Å². The van der Waals surface area contributed by atoms with Crippen molar-refractivity contribution in [2.45, 2.75) is 5.41 Å². The van der Waals surface area contributed by atoms with Crippen molar-refractivity contribution in [3.05, 3.63) is 216 Å². The SMILES string of the molecule is c1ccc(-c2c3ccccc3c(-c3cccc4oc5cc6c(cc5c34)-c3ccccc3C6(c3ccccc3)c3ccccc3)c3ccccc23)cc1. The van der Waals surface area contributed by atoms with Crippen LogP contribution < -0.4 is 0 Å². The van der Waals surface area contributed by atoms with Crippen molar-refractivity contribution in [3.63, 3.8) is 0 Å². The Hall–Kier alpha value is -6.70. The van der Waals surface area contributed by atoms with Gasteiger partial charge in [0.25, 0.3) is 0 Å². The zero-order chi connectivity index (χ0) is 34.2. The third kappa shape index (κ3) is 3.94. The van der Waals surface area contributed by atoms with Gasteiger partial charge in [0.15, 0.2) is 0 Å². The first-order valence-corrected chi connectivity index (χ1v) is 18.0. The monoisotopic (exact) mass is 660 g/mol. The molecule has 0 aliphatic heterocycles. The Kier molecular flexibility index (Phi) is 6.23. The van der Waals surface area contributed by atoms with Crippen molar-refractivity contribution in [1.29, 1.82) is 0 Å². The van der Waals surface area contributed by atoms with E-state index in [-0.39, 0.29) is 0 Å². The largest absolute Gasteiger partial charge is 0.456 e. The Labute approximate surface area is 302 Å². The summed E-state index contributed by atoms with van der Waals surface area (Å²) in [6, 6.07) is 70.8. The minimum Gasteiger partial charge on any atom is -0.456 e. The molecule has 0 saturated heterocycles. The lowest BCUT2D eigenvalue weighted by Gasteiger charge is -2.33. The molecule has 0 amide bonds. The van der Waals surface area contributed by atoms with Gasteiger partial charge in [-0.15, -0.1) is 0 Å². The van der Waals surface area contributed by atoms with Crippen molar-refractivity contribution in [3.8, 4) is 33.4 Å². The molecule has 0 N–H and O–H groups in total. The molecule has 9 aromatic carbocycles. The van der Waals surface area contributed by atoms with Crippen LogP contribution in [0.5, 0.6) is 0 Å². The number of furan rings is 1. The summed E-state index contributed by atoms with van der Waals surface area (Å²) in [7, 11) is 0. The highest BCUT2D eigenvalue weighted by molar-refractivity contribution is 6.26. The normalized spacial score (nSPS) is 13.2. The van der Waals surface area contributed by atoms with Gasteiger partial charge in [-0.1, -0.05) is 176 Å². The summed E-state index contributed by atoms with van der Waals surface area (Å²) in [5.41, 5.74) is 13.8. The molecule has 0 spiro atoms. The van der Waals surface area contributed by atoms with Gasteiger partial charge in [0.1, 0.15) is 11.2 Å². The second kappa shape index (κ2) is 11.2. The molecule has 1 aliphatic rings. The van der Waals surface area contributed by atoms with Crippen molar-refractivity contribution in [1.82, 2.24) is 0 Å². The van der Waals surface area contributed by atoms with Gasteiger partial charge in [-0.3, -0.25) is 0 Å². The highest BCUT2D eigenvalue weighted by atomic mass is 16.3. The lowest BCUT2D eigenvalue weighted by molar-refractivity contribution is 0.666. The summed E-state index contributed by atoms with van der Waals surface area (Å²) < 4.78 is 6.92.